The molecule has 0 aromatic heterocycles. The normalized spacial score (nSPS) is 15.7. The summed E-state index contributed by atoms with van der Waals surface area (Å²) in [5, 5.41) is 24.6. The minimum absolute atomic E-state index is 0.00583. The molecule has 4 atom stereocenters. The minimum atomic E-state index is -4.43. The summed E-state index contributed by atoms with van der Waals surface area (Å²) >= 11 is 0. The first kappa shape index (κ1) is 54.6. The second kappa shape index (κ2) is 37.9. The van der Waals surface area contributed by atoms with Crippen molar-refractivity contribution in [3.05, 3.63) is 85.1 Å². The van der Waals surface area contributed by atoms with Crippen LogP contribution in [0, 0.1) is 0 Å². The van der Waals surface area contributed by atoms with Crippen LogP contribution in [0.5, 0.6) is 0 Å². The van der Waals surface area contributed by atoms with E-state index in [4.69, 9.17) is 9.05 Å². The van der Waals surface area contributed by atoms with E-state index in [-0.39, 0.29) is 18.9 Å². The van der Waals surface area contributed by atoms with Gasteiger partial charge in [0.25, 0.3) is 0 Å². The zero-order valence-corrected chi connectivity index (χ0v) is 37.5. The summed E-state index contributed by atoms with van der Waals surface area (Å²) < 4.78 is 23.5. The summed E-state index contributed by atoms with van der Waals surface area (Å²) in [6, 6.07) is -1.07. The second-order valence-electron chi connectivity index (χ2n) is 15.8. The van der Waals surface area contributed by atoms with Gasteiger partial charge in [0.15, 0.2) is 0 Å². The fraction of sp³-hybridized carbons (Fsp3) is 0.681. The summed E-state index contributed by atoms with van der Waals surface area (Å²) in [5.74, 6) is -0.289. The summed E-state index contributed by atoms with van der Waals surface area (Å²) in [4.78, 5) is 23.2. The van der Waals surface area contributed by atoms with Crippen LogP contribution in [0.3, 0.4) is 0 Å². The highest BCUT2D eigenvalue weighted by Gasteiger charge is 2.31. The lowest BCUT2D eigenvalue weighted by atomic mass is 10.0. The molecule has 0 aliphatic heterocycles. The van der Waals surface area contributed by atoms with Crippen LogP contribution in [-0.4, -0.2) is 84.6 Å². The monoisotopic (exact) mass is 820 g/mol. The Morgan fingerprint density at radius 1 is 0.649 bits per heavy atom. The number of nitrogens with one attached hydrogen (secondary N) is 1. The SMILES string of the molecule is C/C=C/CC/C=C/CC/C=C/CCCC(O)C(O)C(COP(=O)(O)OCC[N+](C)(C)C)NC(=O)CCCCCCCCCC/C=C\C/C=C\C/C=C\C/C=C\CC. The number of carbonyl (C=O) groups is 1. The van der Waals surface area contributed by atoms with E-state index >= 15 is 0 Å². The van der Waals surface area contributed by atoms with Gasteiger partial charge in [0.1, 0.15) is 19.3 Å². The number of phosphoric acid groups is 1. The highest BCUT2D eigenvalue weighted by atomic mass is 31.2. The smallest absolute Gasteiger partial charge is 0.390 e. The summed E-state index contributed by atoms with van der Waals surface area (Å²) in [5.41, 5.74) is 0. The third kappa shape index (κ3) is 38.9. The first-order valence-corrected chi connectivity index (χ1v) is 23.5. The van der Waals surface area contributed by atoms with Crippen molar-refractivity contribution < 1.29 is 38.0 Å². The van der Waals surface area contributed by atoms with E-state index in [0.29, 0.717) is 30.3 Å². The molecule has 0 radical (unpaired) electrons. The van der Waals surface area contributed by atoms with Crippen LogP contribution in [0.4, 0.5) is 0 Å². The Kier molecular flexibility index (Phi) is 36.3. The van der Waals surface area contributed by atoms with Crippen LogP contribution in [0.25, 0.3) is 0 Å². The molecule has 0 aromatic rings. The zero-order chi connectivity index (χ0) is 42.3. The number of amides is 1. The average Bonchev–Trinajstić information content (AvgIpc) is 3.16. The fourth-order valence-corrected chi connectivity index (χ4v) is 6.49. The van der Waals surface area contributed by atoms with Crippen LogP contribution in [-0.2, 0) is 18.4 Å². The van der Waals surface area contributed by atoms with Crippen molar-refractivity contribution in [3.8, 4) is 0 Å². The van der Waals surface area contributed by atoms with Crippen LogP contribution < -0.4 is 5.32 Å². The first-order valence-electron chi connectivity index (χ1n) is 22.0. The molecule has 0 fully saturated rings. The highest BCUT2D eigenvalue weighted by Crippen LogP contribution is 2.43. The lowest BCUT2D eigenvalue weighted by molar-refractivity contribution is -0.870. The number of likely N-dealkylation sites (N-methyl/N-ethyl adjacent to an activating group) is 1. The van der Waals surface area contributed by atoms with Gasteiger partial charge in [-0.2, -0.15) is 0 Å². The van der Waals surface area contributed by atoms with E-state index in [1.54, 1.807) is 0 Å². The Labute approximate surface area is 349 Å². The molecule has 0 saturated carbocycles. The molecule has 0 rings (SSSR count). The zero-order valence-electron chi connectivity index (χ0n) is 36.7. The van der Waals surface area contributed by atoms with Gasteiger partial charge in [-0.25, -0.2) is 4.57 Å². The van der Waals surface area contributed by atoms with Gasteiger partial charge in [0, 0.05) is 6.42 Å². The van der Waals surface area contributed by atoms with Gasteiger partial charge in [-0.1, -0.05) is 131 Å². The molecule has 0 saturated heterocycles. The van der Waals surface area contributed by atoms with E-state index in [2.05, 4.69) is 97.3 Å². The largest absolute Gasteiger partial charge is 0.472 e. The molecule has 328 valence electrons. The van der Waals surface area contributed by atoms with Gasteiger partial charge in [0.2, 0.25) is 5.91 Å². The topological polar surface area (TPSA) is 125 Å². The van der Waals surface area contributed by atoms with Gasteiger partial charge in [-0.05, 0) is 96.8 Å². The number of hydrogen-bond acceptors (Lipinski definition) is 6. The molecule has 0 aliphatic rings. The van der Waals surface area contributed by atoms with Gasteiger partial charge in [-0.15, -0.1) is 0 Å². The molecule has 4 unspecified atom stereocenters. The van der Waals surface area contributed by atoms with E-state index in [0.717, 1.165) is 83.5 Å². The van der Waals surface area contributed by atoms with E-state index < -0.39 is 32.7 Å². The molecular formula is C47H84N2O7P+. The molecule has 10 heteroatoms. The van der Waals surface area contributed by atoms with Gasteiger partial charge in [-0.3, -0.25) is 13.8 Å². The molecule has 1 amide bonds. The molecule has 0 spiro atoms. The second-order valence-corrected chi connectivity index (χ2v) is 17.3. The number of hydrogen-bond donors (Lipinski definition) is 4. The summed E-state index contributed by atoms with van der Waals surface area (Å²) in [6.07, 6.45) is 48.0. The molecule has 0 bridgehead atoms. The van der Waals surface area contributed by atoms with Crippen molar-refractivity contribution in [2.24, 2.45) is 0 Å². The number of aliphatic hydroxyl groups is 2. The van der Waals surface area contributed by atoms with Crippen LogP contribution in [0.1, 0.15) is 149 Å². The summed E-state index contributed by atoms with van der Waals surface area (Å²) in [7, 11) is 1.38. The number of unbranched alkanes of at least 4 members (excludes halogenated alkanes) is 11. The number of aliphatic hydroxyl groups excluding tert-OH is 2. The van der Waals surface area contributed by atoms with Crippen molar-refractivity contribution in [2.45, 2.75) is 167 Å². The Morgan fingerprint density at radius 2 is 1.12 bits per heavy atom. The highest BCUT2D eigenvalue weighted by molar-refractivity contribution is 7.47. The van der Waals surface area contributed by atoms with Crippen LogP contribution in [0.2, 0.25) is 0 Å². The number of phosphoric ester groups is 1. The molecule has 57 heavy (non-hydrogen) atoms. The maximum absolute atomic E-state index is 12.9. The predicted octanol–water partition coefficient (Wildman–Crippen LogP) is 11.2. The van der Waals surface area contributed by atoms with Crippen molar-refractivity contribution >= 4 is 13.7 Å². The first-order chi connectivity index (χ1) is 27.4. The average molecular weight is 820 g/mol. The van der Waals surface area contributed by atoms with Gasteiger partial charge in [0.05, 0.1) is 39.9 Å². The maximum Gasteiger partial charge on any atom is 0.472 e. The number of rotatable bonds is 38. The van der Waals surface area contributed by atoms with E-state index in [9.17, 15) is 24.5 Å². The van der Waals surface area contributed by atoms with Crippen LogP contribution in [0.15, 0.2) is 85.1 Å². The molecule has 0 aliphatic carbocycles. The van der Waals surface area contributed by atoms with E-state index in [1.807, 2.05) is 28.1 Å². The van der Waals surface area contributed by atoms with Crippen molar-refractivity contribution in [1.29, 1.82) is 0 Å². The number of nitrogens with zero attached hydrogens (tertiary/aromatic N) is 1. The van der Waals surface area contributed by atoms with E-state index in [1.165, 1.54) is 25.7 Å². The third-order valence-corrected chi connectivity index (χ3v) is 10.3. The lowest BCUT2D eigenvalue weighted by Crippen LogP contribution is -2.51. The number of carbonyl (C=O) groups excluding carboxylic acids is 1. The van der Waals surface area contributed by atoms with Crippen LogP contribution >= 0.6 is 7.82 Å². The predicted molar refractivity (Wildman–Crippen MR) is 241 cm³/mol. The Bertz CT molecular complexity index is 1220. The number of allylic oxidation sites excluding steroid dienone is 14. The molecular weight excluding hydrogens is 735 g/mol. The maximum atomic E-state index is 12.9. The van der Waals surface area contributed by atoms with Crippen molar-refractivity contribution in [1.82, 2.24) is 5.32 Å². The molecule has 4 N–H and O–H groups in total. The Morgan fingerprint density at radius 3 is 1.68 bits per heavy atom. The third-order valence-electron chi connectivity index (χ3n) is 9.27. The molecule has 0 heterocycles. The quantitative estimate of drug-likeness (QED) is 0.0212. The Hall–Kier alpha value is -2.36. The van der Waals surface area contributed by atoms with Gasteiger partial charge < -0.3 is 24.9 Å². The van der Waals surface area contributed by atoms with Gasteiger partial charge >= 0.3 is 7.82 Å². The fourth-order valence-electron chi connectivity index (χ4n) is 5.76. The number of quaternary nitrogens is 1. The Balaban J connectivity index is 4.53. The molecule has 9 nitrogen and oxygen atoms in total. The summed E-state index contributed by atoms with van der Waals surface area (Å²) in [6.45, 7) is 4.21. The van der Waals surface area contributed by atoms with Crippen molar-refractivity contribution in [2.75, 3.05) is 40.9 Å². The lowest BCUT2D eigenvalue weighted by Gasteiger charge is -2.28. The standard InChI is InChI=1S/C47H83N2O7P/c1-6-8-10-12-14-16-18-20-21-22-23-24-25-26-27-28-30-32-34-36-38-40-46(51)48-44(43-56-57(53,54)55-42-41-49(3,4)5)47(52)45(50)39-37-35-33-31-29-19-17-15-13-11-9-7-2/h7-10,14-17,20-21,23-24,31,33,44-45,47,50,52H,6,11-13,18-19,22,25-30,32,34-43H2,1-5H3,(H-,48,51,53,54)/p+1/b9-7+,10-8-,16-14-,17-15+,21-20-,24-23-,33-31+. The molecule has 0 aromatic carbocycles. The van der Waals surface area contributed by atoms with Crippen molar-refractivity contribution in [3.63, 3.8) is 0 Å². The minimum Gasteiger partial charge on any atom is -0.390 e.